The molecule has 0 saturated carbocycles. The quantitative estimate of drug-likeness (QED) is 0.320. The van der Waals surface area contributed by atoms with E-state index in [1.807, 2.05) is 22.6 Å². The Hall–Kier alpha value is 0.200. The van der Waals surface area contributed by atoms with Gasteiger partial charge in [0.2, 0.25) is 0 Å². The van der Waals surface area contributed by atoms with Crippen LogP contribution >= 0.6 is 22.6 Å². The van der Waals surface area contributed by atoms with Gasteiger partial charge in [-0.3, -0.25) is 4.79 Å². The molecular formula is C8H14IO2. The first kappa shape index (κ1) is 11.2. The smallest absolute Gasteiger partial charge is 0.315 e. The molecule has 0 aliphatic rings. The lowest BCUT2D eigenvalue weighted by Gasteiger charge is -2.00. The van der Waals surface area contributed by atoms with E-state index in [-0.39, 0.29) is 5.97 Å². The minimum Gasteiger partial charge on any atom is -0.465 e. The highest BCUT2D eigenvalue weighted by Crippen LogP contribution is 1.99. The summed E-state index contributed by atoms with van der Waals surface area (Å²) in [6.07, 6.45) is 4.18. The molecule has 0 saturated heterocycles. The number of alkyl halides is 1. The highest BCUT2D eigenvalue weighted by atomic mass is 127. The fourth-order valence-corrected chi connectivity index (χ4v) is 0.900. The lowest BCUT2D eigenvalue weighted by molar-refractivity contribution is -0.140. The van der Waals surface area contributed by atoms with E-state index in [0.717, 1.165) is 25.7 Å². The van der Waals surface area contributed by atoms with E-state index in [1.165, 1.54) is 0 Å². The van der Waals surface area contributed by atoms with Crippen LogP contribution in [0.2, 0.25) is 0 Å². The van der Waals surface area contributed by atoms with Crippen LogP contribution in [0, 0.1) is 6.92 Å². The number of carbonyl (C=O) groups is 1. The van der Waals surface area contributed by atoms with Gasteiger partial charge in [-0.15, -0.1) is 0 Å². The Labute approximate surface area is 81.8 Å². The van der Waals surface area contributed by atoms with Crippen LogP contribution in [-0.4, -0.2) is 17.0 Å². The van der Waals surface area contributed by atoms with Crippen LogP contribution in [-0.2, 0) is 9.53 Å². The largest absolute Gasteiger partial charge is 0.465 e. The maximum absolute atomic E-state index is 10.6. The first-order chi connectivity index (χ1) is 5.31. The molecule has 0 aliphatic heterocycles. The Kier molecular flexibility index (Phi) is 8.45. The standard InChI is InChI=1S/C8H14IO2/c1-2-3-4-5-6-11-8(10)7-9/h1-7H2. The molecular weight excluding hydrogens is 255 g/mol. The minimum absolute atomic E-state index is 0.111. The van der Waals surface area contributed by atoms with Crippen molar-refractivity contribution in [3.05, 3.63) is 6.92 Å². The first-order valence-electron chi connectivity index (χ1n) is 3.82. The third-order valence-corrected chi connectivity index (χ3v) is 1.89. The van der Waals surface area contributed by atoms with Crippen molar-refractivity contribution in [2.75, 3.05) is 11.0 Å². The van der Waals surface area contributed by atoms with Gasteiger partial charge in [0, 0.05) is 0 Å². The minimum atomic E-state index is -0.111. The second-order valence-electron chi connectivity index (χ2n) is 2.27. The lowest BCUT2D eigenvalue weighted by atomic mass is 10.2. The molecule has 0 atom stereocenters. The maximum atomic E-state index is 10.6. The van der Waals surface area contributed by atoms with Gasteiger partial charge in [0.25, 0.3) is 0 Å². The number of hydrogen-bond acceptors (Lipinski definition) is 2. The molecule has 0 fully saturated rings. The average Bonchev–Trinajstić information content (AvgIpc) is 2.04. The third kappa shape index (κ3) is 8.10. The Morgan fingerprint density at radius 1 is 1.36 bits per heavy atom. The maximum Gasteiger partial charge on any atom is 0.315 e. The van der Waals surface area contributed by atoms with Gasteiger partial charge in [0.1, 0.15) is 0 Å². The zero-order chi connectivity index (χ0) is 8.53. The number of halogens is 1. The Morgan fingerprint density at radius 2 is 2.09 bits per heavy atom. The molecule has 0 aromatic heterocycles. The van der Waals surface area contributed by atoms with Crippen molar-refractivity contribution in [2.45, 2.75) is 25.7 Å². The molecule has 2 nitrogen and oxygen atoms in total. The van der Waals surface area contributed by atoms with Crippen molar-refractivity contribution in [1.29, 1.82) is 0 Å². The summed E-state index contributed by atoms with van der Waals surface area (Å²) in [5, 5.41) is 0. The second kappa shape index (κ2) is 8.30. The van der Waals surface area contributed by atoms with Gasteiger partial charge >= 0.3 is 5.97 Å². The number of rotatable bonds is 6. The van der Waals surface area contributed by atoms with Crippen LogP contribution in [0.3, 0.4) is 0 Å². The normalized spacial score (nSPS) is 9.64. The number of carbonyl (C=O) groups excluding carboxylic acids is 1. The van der Waals surface area contributed by atoms with Crippen molar-refractivity contribution in [2.24, 2.45) is 0 Å². The van der Waals surface area contributed by atoms with Crippen LogP contribution in [0.25, 0.3) is 0 Å². The summed E-state index contributed by atoms with van der Waals surface area (Å²) in [5.74, 6) is -0.111. The van der Waals surface area contributed by atoms with Crippen molar-refractivity contribution in [3.8, 4) is 0 Å². The summed E-state index contributed by atoms with van der Waals surface area (Å²) in [7, 11) is 0. The molecule has 1 radical (unpaired) electrons. The van der Waals surface area contributed by atoms with Crippen molar-refractivity contribution >= 4 is 28.6 Å². The first-order valence-corrected chi connectivity index (χ1v) is 5.34. The summed E-state index contributed by atoms with van der Waals surface area (Å²) in [5.41, 5.74) is 0. The van der Waals surface area contributed by atoms with E-state index < -0.39 is 0 Å². The highest BCUT2D eigenvalue weighted by molar-refractivity contribution is 14.1. The second-order valence-corrected chi connectivity index (χ2v) is 3.03. The SMILES string of the molecule is [CH2]CCCCCOC(=O)CI. The number of ether oxygens (including phenoxy) is 1. The molecule has 0 amide bonds. The summed E-state index contributed by atoms with van der Waals surface area (Å²) in [6.45, 7) is 4.30. The molecule has 0 aliphatic carbocycles. The number of esters is 1. The Bertz CT molecular complexity index is 104. The molecule has 0 unspecified atom stereocenters. The number of unbranched alkanes of at least 4 members (excludes halogenated alkanes) is 3. The molecule has 11 heavy (non-hydrogen) atoms. The van der Waals surface area contributed by atoms with Gasteiger partial charge in [0.05, 0.1) is 11.0 Å². The molecule has 0 rings (SSSR count). The van der Waals surface area contributed by atoms with Crippen LogP contribution in [0.15, 0.2) is 0 Å². The van der Waals surface area contributed by atoms with Gasteiger partial charge in [0.15, 0.2) is 0 Å². The van der Waals surface area contributed by atoms with Gasteiger partial charge in [-0.1, -0.05) is 48.8 Å². The fourth-order valence-electron chi connectivity index (χ4n) is 0.680. The summed E-state index contributed by atoms with van der Waals surface area (Å²) in [4.78, 5) is 10.6. The number of hydrogen-bond donors (Lipinski definition) is 0. The van der Waals surface area contributed by atoms with E-state index in [9.17, 15) is 4.79 Å². The van der Waals surface area contributed by atoms with Gasteiger partial charge in [-0.25, -0.2) is 0 Å². The highest BCUT2D eigenvalue weighted by Gasteiger charge is 1.97. The predicted molar refractivity (Wildman–Crippen MR) is 53.7 cm³/mol. The Balaban J connectivity index is 2.95. The summed E-state index contributed by atoms with van der Waals surface area (Å²) < 4.78 is 5.32. The third-order valence-electron chi connectivity index (χ3n) is 1.27. The summed E-state index contributed by atoms with van der Waals surface area (Å²) in [6, 6.07) is 0. The summed E-state index contributed by atoms with van der Waals surface area (Å²) >= 11 is 2.00. The average molecular weight is 269 g/mol. The van der Waals surface area contributed by atoms with Crippen LogP contribution in [0.1, 0.15) is 25.7 Å². The lowest BCUT2D eigenvalue weighted by Crippen LogP contribution is -2.06. The fraction of sp³-hybridized carbons (Fsp3) is 0.750. The van der Waals surface area contributed by atoms with E-state index in [4.69, 9.17) is 4.74 Å². The zero-order valence-electron chi connectivity index (χ0n) is 6.64. The van der Waals surface area contributed by atoms with Crippen LogP contribution in [0.5, 0.6) is 0 Å². The molecule has 0 heterocycles. The molecule has 0 bridgehead atoms. The van der Waals surface area contributed by atoms with Gasteiger partial charge in [-0.2, -0.15) is 0 Å². The van der Waals surface area contributed by atoms with E-state index >= 15 is 0 Å². The molecule has 0 aromatic carbocycles. The van der Waals surface area contributed by atoms with E-state index in [2.05, 4.69) is 6.92 Å². The van der Waals surface area contributed by atoms with E-state index in [0.29, 0.717) is 11.0 Å². The molecule has 0 aromatic rings. The van der Waals surface area contributed by atoms with Crippen LogP contribution in [0.4, 0.5) is 0 Å². The molecule has 3 heteroatoms. The molecule has 0 spiro atoms. The van der Waals surface area contributed by atoms with Crippen molar-refractivity contribution < 1.29 is 9.53 Å². The zero-order valence-corrected chi connectivity index (χ0v) is 8.80. The molecule has 65 valence electrons. The van der Waals surface area contributed by atoms with Crippen LogP contribution < -0.4 is 0 Å². The predicted octanol–water partition coefficient (Wildman–Crippen LogP) is 2.36. The monoisotopic (exact) mass is 269 g/mol. The Morgan fingerprint density at radius 3 is 2.64 bits per heavy atom. The topological polar surface area (TPSA) is 26.3 Å². The van der Waals surface area contributed by atoms with Crippen molar-refractivity contribution in [3.63, 3.8) is 0 Å². The van der Waals surface area contributed by atoms with Gasteiger partial charge in [-0.05, 0) is 6.42 Å². The van der Waals surface area contributed by atoms with Crippen molar-refractivity contribution in [1.82, 2.24) is 0 Å². The van der Waals surface area contributed by atoms with E-state index in [1.54, 1.807) is 0 Å². The van der Waals surface area contributed by atoms with Gasteiger partial charge < -0.3 is 4.74 Å². The molecule has 0 N–H and O–H groups in total.